The molecule has 1 unspecified atom stereocenters. The van der Waals surface area contributed by atoms with E-state index in [4.69, 9.17) is 17.3 Å². The summed E-state index contributed by atoms with van der Waals surface area (Å²) >= 11 is 5.30. The monoisotopic (exact) mass is 281 g/mol. The number of Topliss-reactive ketones (excluding diaryl/α,β-unsaturated/α-hetero) is 1. The third-order valence-corrected chi connectivity index (χ3v) is 3.81. The van der Waals surface area contributed by atoms with Crippen molar-refractivity contribution in [3.05, 3.63) is 22.8 Å². The second-order valence-corrected chi connectivity index (χ2v) is 5.66. The first-order valence-electron chi connectivity index (χ1n) is 6.74. The molecule has 0 aromatic carbocycles. The van der Waals surface area contributed by atoms with Gasteiger partial charge in [0.05, 0.1) is 0 Å². The zero-order valence-electron chi connectivity index (χ0n) is 12.0. The number of carbonyl (C=O) groups excluding carboxylic acids is 1. The summed E-state index contributed by atoms with van der Waals surface area (Å²) in [5.74, 6) is 0.141. The largest absolute Gasteiger partial charge is 0.396 e. The number of thiocarbonyl (C=S) groups is 1. The lowest BCUT2D eigenvalue weighted by Crippen LogP contribution is -2.29. The Morgan fingerprint density at radius 1 is 1.53 bits per heavy atom. The van der Waals surface area contributed by atoms with E-state index in [-0.39, 0.29) is 18.4 Å². The van der Waals surface area contributed by atoms with Gasteiger partial charge < -0.3 is 10.4 Å². The molecule has 0 heterocycles. The van der Waals surface area contributed by atoms with Gasteiger partial charge in [0.2, 0.25) is 0 Å². The Morgan fingerprint density at radius 2 is 2.21 bits per heavy atom. The van der Waals surface area contributed by atoms with E-state index < -0.39 is 0 Å². The Kier molecular flexibility index (Phi) is 6.55. The van der Waals surface area contributed by atoms with Crippen LogP contribution >= 0.6 is 12.2 Å². The molecular formula is C15H23NO2S. The molecule has 0 fully saturated rings. The minimum atomic E-state index is 0.141. The van der Waals surface area contributed by atoms with E-state index >= 15 is 0 Å². The molecule has 1 rings (SSSR count). The second kappa shape index (κ2) is 7.68. The minimum absolute atomic E-state index is 0.141. The zero-order chi connectivity index (χ0) is 14.4. The Hall–Kier alpha value is -0.840. The topological polar surface area (TPSA) is 49.3 Å². The molecule has 0 spiro atoms. The Labute approximate surface area is 120 Å². The van der Waals surface area contributed by atoms with Crippen LogP contribution in [-0.2, 0) is 4.79 Å². The number of hydrogen-bond acceptors (Lipinski definition) is 4. The summed E-state index contributed by atoms with van der Waals surface area (Å²) in [5, 5.41) is 12.0. The lowest BCUT2D eigenvalue weighted by Gasteiger charge is -2.17. The van der Waals surface area contributed by atoms with Crippen LogP contribution in [0.25, 0.3) is 0 Å². The molecule has 0 radical (unpaired) electrons. The Balaban J connectivity index is 2.54. The van der Waals surface area contributed by atoms with Gasteiger partial charge in [-0.25, -0.2) is 0 Å². The zero-order valence-corrected chi connectivity index (χ0v) is 12.8. The van der Waals surface area contributed by atoms with Gasteiger partial charge in [-0.05, 0) is 32.8 Å². The molecular weight excluding hydrogens is 258 g/mol. The third kappa shape index (κ3) is 4.97. The van der Waals surface area contributed by atoms with Crippen LogP contribution in [0.5, 0.6) is 0 Å². The number of aliphatic hydroxyl groups is 1. The van der Waals surface area contributed by atoms with Crippen molar-refractivity contribution in [3.8, 4) is 0 Å². The number of hydrogen-bond donors (Lipinski definition) is 2. The first-order chi connectivity index (χ1) is 8.95. The first-order valence-corrected chi connectivity index (χ1v) is 7.15. The molecule has 1 aliphatic rings. The van der Waals surface area contributed by atoms with Crippen molar-refractivity contribution in [3.63, 3.8) is 0 Å². The number of ketones is 1. The SMILES string of the molecule is CC1=CC(C(=O)CCNC(C)CCO)=C(C)C(=S)C1. The minimum Gasteiger partial charge on any atom is -0.396 e. The predicted molar refractivity (Wildman–Crippen MR) is 82.5 cm³/mol. The lowest BCUT2D eigenvalue weighted by atomic mass is 9.90. The number of carbonyl (C=O) groups is 1. The van der Waals surface area contributed by atoms with Gasteiger partial charge >= 0.3 is 0 Å². The highest BCUT2D eigenvalue weighted by Gasteiger charge is 2.18. The number of rotatable bonds is 7. The van der Waals surface area contributed by atoms with Gasteiger partial charge in [-0.3, -0.25) is 4.79 Å². The van der Waals surface area contributed by atoms with Crippen LogP contribution in [0.4, 0.5) is 0 Å². The van der Waals surface area contributed by atoms with E-state index in [9.17, 15) is 4.79 Å². The highest BCUT2D eigenvalue weighted by molar-refractivity contribution is 7.80. The summed E-state index contributed by atoms with van der Waals surface area (Å²) in [5.41, 5.74) is 2.87. The summed E-state index contributed by atoms with van der Waals surface area (Å²) in [6.45, 7) is 6.75. The van der Waals surface area contributed by atoms with Gasteiger partial charge in [0.25, 0.3) is 0 Å². The number of allylic oxidation sites excluding steroid dienone is 4. The molecule has 0 aliphatic heterocycles. The van der Waals surface area contributed by atoms with Crippen LogP contribution in [0, 0.1) is 0 Å². The molecule has 106 valence electrons. The highest BCUT2D eigenvalue weighted by atomic mass is 32.1. The molecule has 1 atom stereocenters. The lowest BCUT2D eigenvalue weighted by molar-refractivity contribution is -0.115. The maximum atomic E-state index is 12.2. The molecule has 4 heteroatoms. The normalized spacial score (nSPS) is 17.5. The molecule has 0 aromatic rings. The summed E-state index contributed by atoms with van der Waals surface area (Å²) in [7, 11) is 0. The van der Waals surface area contributed by atoms with E-state index in [1.165, 1.54) is 0 Å². The smallest absolute Gasteiger partial charge is 0.164 e. The highest BCUT2D eigenvalue weighted by Crippen LogP contribution is 2.23. The fraction of sp³-hybridized carbons (Fsp3) is 0.600. The number of nitrogens with one attached hydrogen (secondary N) is 1. The fourth-order valence-corrected chi connectivity index (χ4v) is 2.43. The van der Waals surface area contributed by atoms with Crippen molar-refractivity contribution in [2.24, 2.45) is 0 Å². The van der Waals surface area contributed by atoms with Crippen LogP contribution in [0.3, 0.4) is 0 Å². The van der Waals surface area contributed by atoms with E-state index in [0.717, 1.165) is 28.0 Å². The molecule has 0 aromatic heterocycles. The number of aliphatic hydroxyl groups excluding tert-OH is 1. The van der Waals surface area contributed by atoms with Crippen molar-refractivity contribution in [1.29, 1.82) is 0 Å². The maximum Gasteiger partial charge on any atom is 0.164 e. The van der Waals surface area contributed by atoms with Gasteiger partial charge in [0.1, 0.15) is 0 Å². The third-order valence-electron chi connectivity index (χ3n) is 3.36. The Morgan fingerprint density at radius 3 is 2.84 bits per heavy atom. The molecule has 19 heavy (non-hydrogen) atoms. The molecule has 0 saturated carbocycles. The van der Waals surface area contributed by atoms with Gasteiger partial charge in [-0.2, -0.15) is 0 Å². The molecule has 3 nitrogen and oxygen atoms in total. The van der Waals surface area contributed by atoms with E-state index in [1.807, 2.05) is 26.8 Å². The van der Waals surface area contributed by atoms with Crippen LogP contribution in [0.1, 0.15) is 40.0 Å². The van der Waals surface area contributed by atoms with Crippen molar-refractivity contribution in [2.75, 3.05) is 13.2 Å². The predicted octanol–water partition coefficient (Wildman–Crippen LogP) is 2.34. The molecule has 0 amide bonds. The Bertz CT molecular complexity index is 424. The maximum absolute atomic E-state index is 12.2. The fourth-order valence-electron chi connectivity index (χ4n) is 2.09. The summed E-state index contributed by atoms with van der Waals surface area (Å²) in [6.07, 6.45) is 3.93. The van der Waals surface area contributed by atoms with Crippen molar-refractivity contribution >= 4 is 22.9 Å². The first kappa shape index (κ1) is 16.2. The van der Waals surface area contributed by atoms with E-state index in [2.05, 4.69) is 5.32 Å². The summed E-state index contributed by atoms with van der Waals surface area (Å²) in [6, 6.07) is 0.234. The molecule has 1 aliphatic carbocycles. The summed E-state index contributed by atoms with van der Waals surface area (Å²) < 4.78 is 0. The molecule has 0 saturated heterocycles. The van der Waals surface area contributed by atoms with Gasteiger partial charge in [-0.15, -0.1) is 0 Å². The van der Waals surface area contributed by atoms with Gasteiger partial charge in [0, 0.05) is 42.5 Å². The average Bonchev–Trinajstić information content (AvgIpc) is 2.33. The quantitative estimate of drug-likeness (QED) is 0.703. The molecule has 0 bridgehead atoms. The van der Waals surface area contributed by atoms with Crippen LogP contribution in [0.15, 0.2) is 22.8 Å². The summed E-state index contributed by atoms with van der Waals surface area (Å²) in [4.78, 5) is 13.1. The van der Waals surface area contributed by atoms with Crippen LogP contribution < -0.4 is 5.32 Å². The molecule has 2 N–H and O–H groups in total. The average molecular weight is 281 g/mol. The van der Waals surface area contributed by atoms with Gasteiger partial charge in [0.15, 0.2) is 5.78 Å². The van der Waals surface area contributed by atoms with E-state index in [0.29, 0.717) is 19.4 Å². The van der Waals surface area contributed by atoms with Crippen LogP contribution in [-0.4, -0.2) is 34.9 Å². The van der Waals surface area contributed by atoms with Crippen molar-refractivity contribution in [1.82, 2.24) is 5.32 Å². The van der Waals surface area contributed by atoms with Crippen LogP contribution in [0.2, 0.25) is 0 Å². The second-order valence-electron chi connectivity index (χ2n) is 5.17. The standard InChI is InChI=1S/C15H23NO2S/c1-10-8-13(12(3)15(19)9-10)14(18)4-6-16-11(2)5-7-17/h8,11,16-17H,4-7,9H2,1-3H3. The van der Waals surface area contributed by atoms with E-state index in [1.54, 1.807) is 0 Å². The van der Waals surface area contributed by atoms with Crippen molar-refractivity contribution < 1.29 is 9.90 Å². The van der Waals surface area contributed by atoms with Gasteiger partial charge in [-0.1, -0.05) is 23.9 Å². The van der Waals surface area contributed by atoms with Crippen molar-refractivity contribution in [2.45, 2.75) is 46.1 Å².